The fraction of sp³-hybridized carbons (Fsp3) is 0.250. The standard InChI is InChI=1S/C12H14N2O2/c1-9(16)13-11-8-14(6-7-15)12-5-3-2-4-10(11)12/h2-5,8,15H,6-7H2,1H3,(H,13,16). The van der Waals surface area contributed by atoms with Gasteiger partial charge in [0.05, 0.1) is 17.8 Å². The molecule has 2 aromatic rings. The van der Waals surface area contributed by atoms with Crippen LogP contribution >= 0.6 is 0 Å². The lowest BCUT2D eigenvalue weighted by Crippen LogP contribution is -2.05. The highest BCUT2D eigenvalue weighted by atomic mass is 16.3. The average molecular weight is 218 g/mol. The fourth-order valence-corrected chi connectivity index (χ4v) is 1.83. The van der Waals surface area contributed by atoms with Crippen molar-refractivity contribution in [2.24, 2.45) is 0 Å². The van der Waals surface area contributed by atoms with E-state index in [1.807, 2.05) is 35.0 Å². The number of aromatic nitrogens is 1. The molecule has 0 aliphatic heterocycles. The SMILES string of the molecule is CC(=O)Nc1cn(CCO)c2ccccc12. The number of hydrogen-bond acceptors (Lipinski definition) is 2. The molecular formula is C12H14N2O2. The number of aliphatic hydroxyl groups is 1. The minimum Gasteiger partial charge on any atom is -0.395 e. The van der Waals surface area contributed by atoms with Gasteiger partial charge in [-0.1, -0.05) is 18.2 Å². The zero-order valence-corrected chi connectivity index (χ0v) is 9.10. The largest absolute Gasteiger partial charge is 0.395 e. The summed E-state index contributed by atoms with van der Waals surface area (Å²) in [4.78, 5) is 11.1. The molecule has 1 aromatic heterocycles. The van der Waals surface area contributed by atoms with Crippen molar-refractivity contribution in [2.45, 2.75) is 13.5 Å². The van der Waals surface area contributed by atoms with Crippen molar-refractivity contribution in [1.82, 2.24) is 4.57 Å². The van der Waals surface area contributed by atoms with Gasteiger partial charge >= 0.3 is 0 Å². The van der Waals surface area contributed by atoms with Gasteiger partial charge in [-0.3, -0.25) is 4.79 Å². The van der Waals surface area contributed by atoms with Gasteiger partial charge in [-0.05, 0) is 6.07 Å². The molecule has 84 valence electrons. The maximum atomic E-state index is 11.1. The zero-order chi connectivity index (χ0) is 11.5. The number of nitrogens with zero attached hydrogens (tertiary/aromatic N) is 1. The number of nitrogens with one attached hydrogen (secondary N) is 1. The van der Waals surface area contributed by atoms with Gasteiger partial charge in [0.15, 0.2) is 0 Å². The zero-order valence-electron chi connectivity index (χ0n) is 9.10. The molecule has 0 bridgehead atoms. The Hall–Kier alpha value is -1.81. The molecule has 2 N–H and O–H groups in total. The highest BCUT2D eigenvalue weighted by Gasteiger charge is 2.08. The van der Waals surface area contributed by atoms with Crippen molar-refractivity contribution in [1.29, 1.82) is 0 Å². The highest BCUT2D eigenvalue weighted by molar-refractivity contribution is 6.01. The van der Waals surface area contributed by atoms with Crippen LogP contribution in [-0.4, -0.2) is 22.2 Å². The number of fused-ring (bicyclic) bond motifs is 1. The number of aliphatic hydroxyl groups excluding tert-OH is 1. The fourth-order valence-electron chi connectivity index (χ4n) is 1.83. The number of carbonyl (C=O) groups is 1. The summed E-state index contributed by atoms with van der Waals surface area (Å²) in [5.41, 5.74) is 1.80. The van der Waals surface area contributed by atoms with Crippen molar-refractivity contribution in [3.8, 4) is 0 Å². The van der Waals surface area contributed by atoms with Gasteiger partial charge in [0, 0.05) is 25.1 Å². The quantitative estimate of drug-likeness (QED) is 0.822. The van der Waals surface area contributed by atoms with Gasteiger partial charge in [-0.25, -0.2) is 0 Å². The lowest BCUT2D eigenvalue weighted by molar-refractivity contribution is -0.114. The summed E-state index contributed by atoms with van der Waals surface area (Å²) in [7, 11) is 0. The van der Waals surface area contributed by atoms with E-state index in [1.54, 1.807) is 0 Å². The Labute approximate surface area is 93.5 Å². The van der Waals surface area contributed by atoms with Crippen LogP contribution in [0.5, 0.6) is 0 Å². The van der Waals surface area contributed by atoms with Crippen LogP contribution in [0.15, 0.2) is 30.5 Å². The molecule has 0 radical (unpaired) electrons. The van der Waals surface area contributed by atoms with Gasteiger partial charge in [0.25, 0.3) is 0 Å². The van der Waals surface area contributed by atoms with Crippen molar-refractivity contribution < 1.29 is 9.90 Å². The molecule has 4 nitrogen and oxygen atoms in total. The molecule has 0 aliphatic rings. The first-order chi connectivity index (χ1) is 7.72. The summed E-state index contributed by atoms with van der Waals surface area (Å²) in [6.45, 7) is 2.09. The molecule has 4 heteroatoms. The van der Waals surface area contributed by atoms with E-state index in [1.165, 1.54) is 6.92 Å². The number of carbonyl (C=O) groups excluding carboxylic acids is 1. The summed E-state index contributed by atoms with van der Waals surface area (Å²) < 4.78 is 1.93. The van der Waals surface area contributed by atoms with Crippen LogP contribution in [0.1, 0.15) is 6.92 Å². The van der Waals surface area contributed by atoms with Crippen LogP contribution in [-0.2, 0) is 11.3 Å². The molecule has 1 amide bonds. The van der Waals surface area contributed by atoms with E-state index < -0.39 is 0 Å². The smallest absolute Gasteiger partial charge is 0.221 e. The molecule has 1 heterocycles. The number of amides is 1. The van der Waals surface area contributed by atoms with Crippen molar-refractivity contribution >= 4 is 22.5 Å². The van der Waals surface area contributed by atoms with Gasteiger partial charge in [-0.2, -0.15) is 0 Å². The van der Waals surface area contributed by atoms with E-state index in [0.717, 1.165) is 16.6 Å². The van der Waals surface area contributed by atoms with E-state index in [4.69, 9.17) is 5.11 Å². The Morgan fingerprint density at radius 1 is 1.44 bits per heavy atom. The minimum atomic E-state index is -0.0908. The third-order valence-corrected chi connectivity index (χ3v) is 2.44. The monoisotopic (exact) mass is 218 g/mol. The lowest BCUT2D eigenvalue weighted by atomic mass is 10.2. The molecule has 0 aliphatic carbocycles. The minimum absolute atomic E-state index is 0.0815. The number of anilines is 1. The van der Waals surface area contributed by atoms with Crippen LogP contribution in [0.3, 0.4) is 0 Å². The van der Waals surface area contributed by atoms with E-state index in [-0.39, 0.29) is 12.5 Å². The molecule has 0 unspecified atom stereocenters. The van der Waals surface area contributed by atoms with E-state index in [2.05, 4.69) is 5.32 Å². The lowest BCUT2D eigenvalue weighted by Gasteiger charge is -2.00. The van der Waals surface area contributed by atoms with Crippen LogP contribution in [0.2, 0.25) is 0 Å². The molecule has 0 fully saturated rings. The maximum absolute atomic E-state index is 11.1. The molecule has 0 atom stereocenters. The molecular weight excluding hydrogens is 204 g/mol. The molecule has 2 rings (SSSR count). The first-order valence-corrected chi connectivity index (χ1v) is 5.18. The van der Waals surface area contributed by atoms with Gasteiger partial charge in [0.1, 0.15) is 0 Å². The third-order valence-electron chi connectivity index (χ3n) is 2.44. The predicted molar refractivity (Wildman–Crippen MR) is 63.3 cm³/mol. The van der Waals surface area contributed by atoms with E-state index in [0.29, 0.717) is 6.54 Å². The highest BCUT2D eigenvalue weighted by Crippen LogP contribution is 2.25. The summed E-state index contributed by atoms with van der Waals surface area (Å²) in [5.74, 6) is -0.0908. The van der Waals surface area contributed by atoms with E-state index >= 15 is 0 Å². The molecule has 0 spiro atoms. The number of rotatable bonds is 3. The second kappa shape index (κ2) is 4.37. The summed E-state index contributed by atoms with van der Waals surface area (Å²) >= 11 is 0. The summed E-state index contributed by atoms with van der Waals surface area (Å²) in [5, 5.41) is 12.7. The Bertz CT molecular complexity index is 517. The topological polar surface area (TPSA) is 54.3 Å². The third kappa shape index (κ3) is 1.92. The van der Waals surface area contributed by atoms with Crippen molar-refractivity contribution in [2.75, 3.05) is 11.9 Å². The average Bonchev–Trinajstić information content (AvgIpc) is 2.58. The number of hydrogen-bond donors (Lipinski definition) is 2. The Kier molecular flexibility index (Phi) is 2.92. The van der Waals surface area contributed by atoms with Crippen LogP contribution in [0.25, 0.3) is 10.9 Å². The first kappa shape index (κ1) is 10.7. The second-order valence-corrected chi connectivity index (χ2v) is 3.66. The van der Waals surface area contributed by atoms with Crippen molar-refractivity contribution in [3.05, 3.63) is 30.5 Å². The van der Waals surface area contributed by atoms with Gasteiger partial charge < -0.3 is 15.0 Å². The summed E-state index contributed by atoms with van der Waals surface area (Å²) in [6, 6.07) is 7.79. The molecule has 16 heavy (non-hydrogen) atoms. The van der Waals surface area contributed by atoms with Gasteiger partial charge in [0.2, 0.25) is 5.91 Å². The molecule has 1 aromatic carbocycles. The van der Waals surface area contributed by atoms with Crippen LogP contribution in [0, 0.1) is 0 Å². The Morgan fingerprint density at radius 3 is 2.88 bits per heavy atom. The van der Waals surface area contributed by atoms with Gasteiger partial charge in [-0.15, -0.1) is 0 Å². The Morgan fingerprint density at radius 2 is 2.19 bits per heavy atom. The second-order valence-electron chi connectivity index (χ2n) is 3.66. The Balaban J connectivity index is 2.52. The summed E-state index contributed by atoms with van der Waals surface area (Å²) in [6.07, 6.45) is 1.85. The van der Waals surface area contributed by atoms with Crippen molar-refractivity contribution in [3.63, 3.8) is 0 Å². The number of para-hydroxylation sites is 1. The first-order valence-electron chi connectivity index (χ1n) is 5.18. The van der Waals surface area contributed by atoms with Crippen LogP contribution in [0.4, 0.5) is 5.69 Å². The predicted octanol–water partition coefficient (Wildman–Crippen LogP) is 1.59. The van der Waals surface area contributed by atoms with Crippen LogP contribution < -0.4 is 5.32 Å². The maximum Gasteiger partial charge on any atom is 0.221 e. The normalized spacial score (nSPS) is 10.6. The molecule has 0 saturated heterocycles. The van der Waals surface area contributed by atoms with E-state index in [9.17, 15) is 4.79 Å². The number of benzene rings is 1. The molecule has 0 saturated carbocycles.